The van der Waals surface area contributed by atoms with Gasteiger partial charge in [0, 0.05) is 27.7 Å². The van der Waals surface area contributed by atoms with Crippen LogP contribution in [0.2, 0.25) is 10.0 Å². The van der Waals surface area contributed by atoms with Crippen LogP contribution in [-0.4, -0.2) is 28.8 Å². The van der Waals surface area contributed by atoms with E-state index >= 15 is 0 Å². The standard InChI is InChI=1S/C23H19Cl2N3O6/c1-2-33-22-9-14(3-8-21(22)34-13-15-4-5-16(24)10-19(15)25)12-26-27-23(30)18-11-17(28(31)32)6-7-20(18)29/h3-12,29H,2,13H2,1H3,(H,27,30)/b26-12-. The lowest BCUT2D eigenvalue weighted by Crippen LogP contribution is -2.18. The molecule has 0 bridgehead atoms. The predicted octanol–water partition coefficient (Wildman–Crippen LogP) is 5.35. The lowest BCUT2D eigenvalue weighted by Gasteiger charge is -2.13. The molecule has 0 aliphatic rings. The molecule has 0 heterocycles. The van der Waals surface area contributed by atoms with Gasteiger partial charge in [0.05, 0.1) is 23.3 Å². The number of hydrogen-bond donors (Lipinski definition) is 2. The Hall–Kier alpha value is -3.82. The van der Waals surface area contributed by atoms with Gasteiger partial charge in [0.1, 0.15) is 12.4 Å². The van der Waals surface area contributed by atoms with E-state index in [1.807, 2.05) is 6.92 Å². The average Bonchev–Trinajstić information content (AvgIpc) is 2.79. The molecule has 0 radical (unpaired) electrons. The number of halogens is 2. The molecule has 0 aliphatic heterocycles. The van der Waals surface area contributed by atoms with E-state index in [-0.39, 0.29) is 17.9 Å². The molecule has 1 amide bonds. The van der Waals surface area contributed by atoms with Crippen LogP contribution in [0.5, 0.6) is 17.2 Å². The van der Waals surface area contributed by atoms with E-state index in [1.165, 1.54) is 6.21 Å². The fourth-order valence-corrected chi connectivity index (χ4v) is 3.29. The van der Waals surface area contributed by atoms with Crippen LogP contribution in [0.25, 0.3) is 0 Å². The lowest BCUT2D eigenvalue weighted by molar-refractivity contribution is -0.384. The van der Waals surface area contributed by atoms with Gasteiger partial charge in [-0.1, -0.05) is 29.3 Å². The average molecular weight is 504 g/mol. The molecule has 9 nitrogen and oxygen atoms in total. The van der Waals surface area contributed by atoms with Crippen molar-refractivity contribution in [2.24, 2.45) is 5.10 Å². The van der Waals surface area contributed by atoms with E-state index in [0.29, 0.717) is 33.7 Å². The van der Waals surface area contributed by atoms with E-state index in [9.17, 15) is 20.0 Å². The van der Waals surface area contributed by atoms with Gasteiger partial charge in [-0.15, -0.1) is 0 Å². The van der Waals surface area contributed by atoms with Crippen LogP contribution in [0.1, 0.15) is 28.4 Å². The number of phenols is 1. The van der Waals surface area contributed by atoms with E-state index in [2.05, 4.69) is 10.5 Å². The van der Waals surface area contributed by atoms with Crippen LogP contribution in [0, 0.1) is 10.1 Å². The molecule has 0 spiro atoms. The molecule has 3 aromatic rings. The van der Waals surface area contributed by atoms with Gasteiger partial charge in [-0.2, -0.15) is 5.10 Å². The molecule has 0 saturated carbocycles. The molecule has 3 aromatic carbocycles. The topological polar surface area (TPSA) is 123 Å². The lowest BCUT2D eigenvalue weighted by atomic mass is 10.1. The van der Waals surface area contributed by atoms with E-state index in [1.54, 1.807) is 36.4 Å². The monoisotopic (exact) mass is 503 g/mol. The number of ether oxygens (including phenoxy) is 2. The maximum absolute atomic E-state index is 12.3. The second-order valence-electron chi connectivity index (χ2n) is 6.82. The van der Waals surface area contributed by atoms with Crippen LogP contribution in [-0.2, 0) is 6.61 Å². The Morgan fingerprint density at radius 2 is 1.91 bits per heavy atom. The van der Waals surface area contributed by atoms with Gasteiger partial charge in [0.25, 0.3) is 11.6 Å². The molecule has 176 valence electrons. The number of non-ortho nitro benzene ring substituents is 1. The first-order chi connectivity index (χ1) is 16.3. The highest BCUT2D eigenvalue weighted by Gasteiger charge is 2.16. The molecule has 3 rings (SSSR count). The summed E-state index contributed by atoms with van der Waals surface area (Å²) in [6, 6.07) is 13.3. The summed E-state index contributed by atoms with van der Waals surface area (Å²) in [7, 11) is 0. The first-order valence-corrected chi connectivity index (χ1v) is 10.7. The van der Waals surface area contributed by atoms with Crippen molar-refractivity contribution in [2.75, 3.05) is 6.61 Å². The van der Waals surface area contributed by atoms with Gasteiger partial charge < -0.3 is 14.6 Å². The Bertz CT molecular complexity index is 1250. The number of carbonyl (C=O) groups is 1. The predicted molar refractivity (Wildman–Crippen MR) is 128 cm³/mol. The van der Waals surface area contributed by atoms with Crippen molar-refractivity contribution in [1.82, 2.24) is 5.43 Å². The number of aromatic hydroxyl groups is 1. The fourth-order valence-electron chi connectivity index (χ4n) is 2.83. The van der Waals surface area contributed by atoms with Gasteiger partial charge in [0.2, 0.25) is 0 Å². The third-order valence-electron chi connectivity index (χ3n) is 4.48. The van der Waals surface area contributed by atoms with Crippen LogP contribution in [0.3, 0.4) is 0 Å². The summed E-state index contributed by atoms with van der Waals surface area (Å²) in [5, 5.41) is 25.6. The maximum Gasteiger partial charge on any atom is 0.275 e. The molecule has 11 heteroatoms. The minimum atomic E-state index is -0.803. The Morgan fingerprint density at radius 1 is 1.12 bits per heavy atom. The highest BCUT2D eigenvalue weighted by Crippen LogP contribution is 2.30. The number of nitrogens with zero attached hydrogens (tertiary/aromatic N) is 2. The number of rotatable bonds is 9. The molecule has 0 aromatic heterocycles. The van der Waals surface area contributed by atoms with Crippen LogP contribution >= 0.6 is 23.2 Å². The minimum absolute atomic E-state index is 0.201. The van der Waals surface area contributed by atoms with Gasteiger partial charge in [-0.25, -0.2) is 5.43 Å². The molecule has 0 unspecified atom stereocenters. The zero-order valence-electron chi connectivity index (χ0n) is 17.8. The second-order valence-corrected chi connectivity index (χ2v) is 7.66. The number of phenolic OH excluding ortho intramolecular Hbond substituents is 1. The minimum Gasteiger partial charge on any atom is -0.507 e. The molecule has 0 saturated heterocycles. The highest BCUT2D eigenvalue weighted by atomic mass is 35.5. The van der Waals surface area contributed by atoms with Crippen LogP contribution in [0.4, 0.5) is 5.69 Å². The van der Waals surface area contributed by atoms with Gasteiger partial charge in [-0.3, -0.25) is 14.9 Å². The summed E-state index contributed by atoms with van der Waals surface area (Å²) in [6.45, 7) is 2.42. The Morgan fingerprint density at radius 3 is 2.62 bits per heavy atom. The number of hydrogen-bond acceptors (Lipinski definition) is 7. The number of nitrogens with one attached hydrogen (secondary N) is 1. The summed E-state index contributed by atoms with van der Waals surface area (Å²) in [5.41, 5.74) is 2.97. The Labute approximate surface area is 204 Å². The van der Waals surface area contributed by atoms with E-state index in [0.717, 1.165) is 23.8 Å². The summed E-state index contributed by atoms with van der Waals surface area (Å²) >= 11 is 12.1. The third-order valence-corrected chi connectivity index (χ3v) is 5.07. The largest absolute Gasteiger partial charge is 0.507 e. The van der Waals surface area contributed by atoms with Crippen molar-refractivity contribution in [3.05, 3.63) is 91.4 Å². The summed E-state index contributed by atoms with van der Waals surface area (Å²) in [4.78, 5) is 22.5. The normalized spacial score (nSPS) is 10.8. The molecule has 0 aliphatic carbocycles. The van der Waals surface area contributed by atoms with Crippen LogP contribution < -0.4 is 14.9 Å². The summed E-state index contributed by atoms with van der Waals surface area (Å²) < 4.78 is 11.5. The molecule has 0 fully saturated rings. The Balaban J connectivity index is 1.70. The molecular weight excluding hydrogens is 485 g/mol. The number of carbonyl (C=O) groups excluding carboxylic acids is 1. The molecular formula is C23H19Cl2N3O6. The smallest absolute Gasteiger partial charge is 0.275 e. The molecule has 2 N–H and O–H groups in total. The summed E-state index contributed by atoms with van der Waals surface area (Å²) in [6.07, 6.45) is 1.36. The van der Waals surface area contributed by atoms with Crippen molar-refractivity contribution in [1.29, 1.82) is 0 Å². The fraction of sp³-hybridized carbons (Fsp3) is 0.130. The van der Waals surface area contributed by atoms with Gasteiger partial charge in [-0.05, 0) is 48.9 Å². The van der Waals surface area contributed by atoms with Crippen molar-refractivity contribution in [2.45, 2.75) is 13.5 Å². The zero-order chi connectivity index (χ0) is 24.7. The van der Waals surface area contributed by atoms with Gasteiger partial charge in [0.15, 0.2) is 11.5 Å². The van der Waals surface area contributed by atoms with E-state index < -0.39 is 16.6 Å². The van der Waals surface area contributed by atoms with Gasteiger partial charge >= 0.3 is 0 Å². The second kappa shape index (κ2) is 11.4. The van der Waals surface area contributed by atoms with Crippen molar-refractivity contribution >= 4 is 41.0 Å². The molecule has 34 heavy (non-hydrogen) atoms. The summed E-state index contributed by atoms with van der Waals surface area (Å²) in [5.74, 6) is -0.267. The zero-order valence-corrected chi connectivity index (χ0v) is 19.3. The van der Waals surface area contributed by atoms with Crippen molar-refractivity contribution in [3.8, 4) is 17.2 Å². The Kier molecular flexibility index (Phi) is 8.29. The third kappa shape index (κ3) is 6.37. The SMILES string of the molecule is CCOc1cc(/C=N\NC(=O)c2cc([N+](=O)[O-])ccc2O)ccc1OCc1ccc(Cl)cc1Cl. The number of hydrazone groups is 1. The maximum atomic E-state index is 12.3. The van der Waals surface area contributed by atoms with Crippen LogP contribution in [0.15, 0.2) is 59.7 Å². The quantitative estimate of drug-likeness (QED) is 0.230. The van der Waals surface area contributed by atoms with Crippen molar-refractivity contribution in [3.63, 3.8) is 0 Å². The first-order valence-electron chi connectivity index (χ1n) is 9.93. The van der Waals surface area contributed by atoms with E-state index in [4.69, 9.17) is 32.7 Å². The van der Waals surface area contributed by atoms with Crippen molar-refractivity contribution < 1.29 is 24.3 Å². The number of nitro benzene ring substituents is 1. The number of amides is 1. The first kappa shape index (κ1) is 24.8. The number of benzene rings is 3. The molecule has 0 atom stereocenters. The number of nitro groups is 1. The highest BCUT2D eigenvalue weighted by molar-refractivity contribution is 6.35.